The summed E-state index contributed by atoms with van der Waals surface area (Å²) in [5, 5.41) is 1.18. The standard InChI is InChI=1S/C28H40FN7O3/c1-20-16-34(3)13-14-36(20)27-25(29)26(30-21(2)31-27)32-33-28(38)24(15-22-9-7-8-10-22)17-35(19-37)39-18-23-11-5-4-6-12-23/h4-6,11-12,19-20,22,24H,7-10,13-18H2,1-3H3,(H,33,38)(H,30,31,32)/t20-,24-/m0/s1. The molecule has 212 valence electrons. The van der Waals surface area contributed by atoms with Gasteiger partial charge in [0, 0.05) is 25.7 Å². The summed E-state index contributed by atoms with van der Waals surface area (Å²) in [6, 6.07) is 9.60. The number of halogens is 1. The predicted octanol–water partition coefficient (Wildman–Crippen LogP) is 3.29. The molecular formula is C28H40FN7O3. The average molecular weight is 542 g/mol. The van der Waals surface area contributed by atoms with Crippen LogP contribution in [0.15, 0.2) is 30.3 Å². The number of nitrogens with zero attached hydrogens (tertiary/aromatic N) is 5. The lowest BCUT2D eigenvalue weighted by Crippen LogP contribution is -2.51. The second kappa shape index (κ2) is 13.7. The molecule has 4 rings (SSSR count). The number of anilines is 2. The number of hydrazine groups is 1. The van der Waals surface area contributed by atoms with Gasteiger partial charge in [-0.2, -0.15) is 4.39 Å². The zero-order valence-corrected chi connectivity index (χ0v) is 23.1. The van der Waals surface area contributed by atoms with Gasteiger partial charge in [0.05, 0.1) is 12.5 Å². The Morgan fingerprint density at radius 1 is 1.23 bits per heavy atom. The van der Waals surface area contributed by atoms with Crippen LogP contribution in [0.2, 0.25) is 0 Å². The largest absolute Gasteiger partial charge is 0.349 e. The van der Waals surface area contributed by atoms with Gasteiger partial charge in [0.25, 0.3) is 0 Å². The highest BCUT2D eigenvalue weighted by atomic mass is 19.1. The van der Waals surface area contributed by atoms with Crippen molar-refractivity contribution in [2.75, 3.05) is 43.6 Å². The van der Waals surface area contributed by atoms with Crippen LogP contribution in [0.25, 0.3) is 0 Å². The van der Waals surface area contributed by atoms with Crippen molar-refractivity contribution in [1.82, 2.24) is 25.4 Å². The molecular weight excluding hydrogens is 501 g/mol. The van der Waals surface area contributed by atoms with E-state index >= 15 is 4.39 Å². The van der Waals surface area contributed by atoms with E-state index in [0.29, 0.717) is 31.1 Å². The Balaban J connectivity index is 1.43. The Morgan fingerprint density at radius 3 is 2.67 bits per heavy atom. The average Bonchev–Trinajstić information content (AvgIpc) is 3.44. The summed E-state index contributed by atoms with van der Waals surface area (Å²) in [5.41, 5.74) is 6.27. The lowest BCUT2D eigenvalue weighted by atomic mass is 9.92. The molecule has 0 unspecified atom stereocenters. The Hall–Kier alpha value is -3.31. The fourth-order valence-electron chi connectivity index (χ4n) is 5.48. The number of nitrogens with one attached hydrogen (secondary N) is 2. The molecule has 2 amide bonds. The van der Waals surface area contributed by atoms with Gasteiger partial charge in [-0.15, -0.1) is 0 Å². The fourth-order valence-corrected chi connectivity index (χ4v) is 5.48. The van der Waals surface area contributed by atoms with Crippen LogP contribution in [0.3, 0.4) is 0 Å². The summed E-state index contributed by atoms with van der Waals surface area (Å²) in [4.78, 5) is 43.5. The molecule has 1 aliphatic heterocycles. The second-order valence-electron chi connectivity index (χ2n) is 10.7. The highest BCUT2D eigenvalue weighted by Crippen LogP contribution is 2.31. The Kier molecular flexibility index (Phi) is 10.0. The zero-order chi connectivity index (χ0) is 27.8. The molecule has 39 heavy (non-hydrogen) atoms. The van der Waals surface area contributed by atoms with Gasteiger partial charge in [-0.1, -0.05) is 56.0 Å². The molecule has 11 heteroatoms. The number of carbonyl (C=O) groups excluding carboxylic acids is 2. The molecule has 2 fully saturated rings. The van der Waals surface area contributed by atoms with Gasteiger partial charge in [-0.3, -0.25) is 25.3 Å². The number of aryl methyl sites for hydroxylation is 1. The number of hydrogen-bond donors (Lipinski definition) is 2. The molecule has 0 bridgehead atoms. The molecule has 0 radical (unpaired) electrons. The molecule has 2 aromatic rings. The number of benzene rings is 1. The second-order valence-corrected chi connectivity index (χ2v) is 10.7. The Morgan fingerprint density at radius 2 is 1.97 bits per heavy atom. The van der Waals surface area contributed by atoms with Gasteiger partial charge in [0.15, 0.2) is 11.6 Å². The van der Waals surface area contributed by atoms with Crippen LogP contribution in [-0.4, -0.2) is 71.5 Å². The third-order valence-corrected chi connectivity index (χ3v) is 7.57. The third-order valence-electron chi connectivity index (χ3n) is 7.57. The molecule has 1 aromatic heterocycles. The van der Waals surface area contributed by atoms with Crippen LogP contribution in [0.1, 0.15) is 50.4 Å². The number of likely N-dealkylation sites (N-methyl/N-ethyl adjacent to an activating group) is 1. The van der Waals surface area contributed by atoms with Crippen molar-refractivity contribution in [3.63, 3.8) is 0 Å². The lowest BCUT2D eigenvalue weighted by Gasteiger charge is -2.39. The molecule has 1 saturated heterocycles. The van der Waals surface area contributed by atoms with E-state index in [4.69, 9.17) is 4.84 Å². The Labute approximate surface area is 229 Å². The van der Waals surface area contributed by atoms with E-state index < -0.39 is 11.7 Å². The summed E-state index contributed by atoms with van der Waals surface area (Å²) in [7, 11) is 2.04. The molecule has 0 spiro atoms. The first kappa shape index (κ1) is 28.7. The van der Waals surface area contributed by atoms with Crippen LogP contribution in [-0.2, 0) is 21.0 Å². The summed E-state index contributed by atoms with van der Waals surface area (Å²) < 4.78 is 15.5. The highest BCUT2D eigenvalue weighted by Gasteiger charge is 2.30. The number of rotatable bonds is 12. The number of amides is 2. The van der Waals surface area contributed by atoms with Crippen molar-refractivity contribution >= 4 is 24.0 Å². The quantitative estimate of drug-likeness (QED) is 0.312. The number of hydroxylamine groups is 2. The van der Waals surface area contributed by atoms with Crippen molar-refractivity contribution in [2.45, 2.75) is 58.6 Å². The van der Waals surface area contributed by atoms with E-state index in [-0.39, 0.29) is 36.7 Å². The van der Waals surface area contributed by atoms with Crippen molar-refractivity contribution in [1.29, 1.82) is 0 Å². The van der Waals surface area contributed by atoms with Crippen molar-refractivity contribution in [3.05, 3.63) is 47.5 Å². The lowest BCUT2D eigenvalue weighted by molar-refractivity contribution is -0.182. The van der Waals surface area contributed by atoms with E-state index in [1.165, 1.54) is 5.06 Å². The van der Waals surface area contributed by atoms with Gasteiger partial charge < -0.3 is 9.80 Å². The van der Waals surface area contributed by atoms with E-state index in [0.717, 1.165) is 44.3 Å². The number of piperazine rings is 1. The van der Waals surface area contributed by atoms with Crippen molar-refractivity contribution in [2.24, 2.45) is 11.8 Å². The molecule has 10 nitrogen and oxygen atoms in total. The first-order chi connectivity index (χ1) is 18.8. The molecule has 2 heterocycles. The summed E-state index contributed by atoms with van der Waals surface area (Å²) in [5.74, 6) is -0.546. The maximum atomic E-state index is 15.5. The van der Waals surface area contributed by atoms with Crippen molar-refractivity contribution in [3.8, 4) is 0 Å². The summed E-state index contributed by atoms with van der Waals surface area (Å²) in [6.07, 6.45) is 5.59. The van der Waals surface area contributed by atoms with E-state index in [1.807, 2.05) is 49.2 Å². The van der Waals surface area contributed by atoms with Crippen LogP contribution < -0.4 is 15.8 Å². The van der Waals surface area contributed by atoms with Crippen LogP contribution in [0.5, 0.6) is 0 Å². The SMILES string of the molecule is Cc1nc(NNC(=O)[C@@H](CC2CCCC2)CN(C=O)OCc2ccccc2)c(F)c(N2CCN(C)C[C@@H]2C)n1. The maximum Gasteiger partial charge on any atom is 0.243 e. The monoisotopic (exact) mass is 541 g/mol. The number of hydrogen-bond acceptors (Lipinski definition) is 8. The molecule has 2 atom stereocenters. The predicted molar refractivity (Wildman–Crippen MR) is 147 cm³/mol. The topological polar surface area (TPSA) is 103 Å². The molecule has 2 N–H and O–H groups in total. The number of carbonyl (C=O) groups is 2. The third kappa shape index (κ3) is 7.86. The molecule has 1 saturated carbocycles. The van der Waals surface area contributed by atoms with E-state index in [2.05, 4.69) is 25.7 Å². The number of aromatic nitrogens is 2. The highest BCUT2D eigenvalue weighted by molar-refractivity contribution is 5.80. The van der Waals surface area contributed by atoms with Gasteiger partial charge in [0.2, 0.25) is 18.1 Å². The smallest absolute Gasteiger partial charge is 0.243 e. The minimum Gasteiger partial charge on any atom is -0.349 e. The van der Waals surface area contributed by atoms with E-state index in [9.17, 15) is 9.59 Å². The van der Waals surface area contributed by atoms with Crippen molar-refractivity contribution < 1.29 is 18.8 Å². The minimum absolute atomic E-state index is 0.0795. The summed E-state index contributed by atoms with van der Waals surface area (Å²) in [6.45, 7) is 6.29. The van der Waals surface area contributed by atoms with Gasteiger partial charge in [-0.05, 0) is 38.8 Å². The molecule has 1 aliphatic carbocycles. The van der Waals surface area contributed by atoms with Gasteiger partial charge in [-0.25, -0.2) is 15.0 Å². The zero-order valence-electron chi connectivity index (χ0n) is 23.1. The summed E-state index contributed by atoms with van der Waals surface area (Å²) >= 11 is 0. The molecule has 2 aliphatic rings. The first-order valence-electron chi connectivity index (χ1n) is 13.8. The van der Waals surface area contributed by atoms with Gasteiger partial charge in [0.1, 0.15) is 12.4 Å². The van der Waals surface area contributed by atoms with Crippen LogP contribution in [0.4, 0.5) is 16.0 Å². The normalized spacial score (nSPS) is 19.1. The maximum absolute atomic E-state index is 15.5. The molecule has 1 aromatic carbocycles. The van der Waals surface area contributed by atoms with Gasteiger partial charge >= 0.3 is 0 Å². The fraction of sp³-hybridized carbons (Fsp3) is 0.571. The van der Waals surface area contributed by atoms with Crippen LogP contribution in [0, 0.1) is 24.6 Å². The van der Waals surface area contributed by atoms with E-state index in [1.54, 1.807) is 6.92 Å². The first-order valence-corrected chi connectivity index (χ1v) is 13.8. The minimum atomic E-state index is -0.606. The van der Waals surface area contributed by atoms with Crippen LogP contribution >= 0.6 is 0 Å². The Bertz CT molecular complexity index is 1100.